The molecule has 0 unspecified atom stereocenters. The van der Waals surface area contributed by atoms with Crippen LogP contribution in [0.15, 0.2) is 30.5 Å². The summed E-state index contributed by atoms with van der Waals surface area (Å²) in [6.07, 6.45) is 2.67. The maximum atomic E-state index is 11.2. The molecule has 2 aromatic rings. The van der Waals surface area contributed by atoms with Crippen LogP contribution in [0.2, 0.25) is 0 Å². The second-order valence-electron chi connectivity index (χ2n) is 5.53. The van der Waals surface area contributed by atoms with Crippen LogP contribution < -0.4 is 10.6 Å². The smallest absolute Gasteiger partial charge is 0.249 e. The third kappa shape index (κ3) is 4.80. The number of benzene rings is 1. The molecule has 6 nitrogen and oxygen atoms in total. The highest BCUT2D eigenvalue weighted by Crippen LogP contribution is 2.15. The van der Waals surface area contributed by atoms with E-state index < -0.39 is 0 Å². The molecule has 0 aliphatic heterocycles. The van der Waals surface area contributed by atoms with Gasteiger partial charge in [0.25, 0.3) is 0 Å². The molecular weight excluding hydrogens is 278 g/mol. The van der Waals surface area contributed by atoms with E-state index in [1.807, 2.05) is 12.1 Å². The Morgan fingerprint density at radius 2 is 1.95 bits per heavy atom. The highest BCUT2D eigenvalue weighted by Gasteiger charge is 2.03. The molecule has 1 heterocycles. The lowest BCUT2D eigenvalue weighted by Gasteiger charge is -2.09. The van der Waals surface area contributed by atoms with Crippen molar-refractivity contribution >= 4 is 23.2 Å². The molecule has 0 aliphatic carbocycles. The summed E-state index contributed by atoms with van der Waals surface area (Å²) < 4.78 is 0. The zero-order valence-corrected chi connectivity index (χ0v) is 13.1. The topological polar surface area (TPSA) is 79.8 Å². The third-order valence-corrected chi connectivity index (χ3v) is 3.13. The predicted octanol–water partition coefficient (Wildman–Crippen LogP) is 3.28. The summed E-state index contributed by atoms with van der Waals surface area (Å²) in [5, 5.41) is 14.2. The van der Waals surface area contributed by atoms with Gasteiger partial charge < -0.3 is 10.6 Å². The number of rotatable bonds is 7. The van der Waals surface area contributed by atoms with E-state index in [0.717, 1.165) is 18.7 Å². The SMILES string of the molecule is CC(=O)c1ccc(Nc2nncc(NCCC(C)C)n2)cc1. The van der Waals surface area contributed by atoms with E-state index in [9.17, 15) is 4.79 Å². The van der Waals surface area contributed by atoms with Crippen molar-refractivity contribution in [3.8, 4) is 0 Å². The molecule has 0 bridgehead atoms. The first kappa shape index (κ1) is 15.9. The third-order valence-electron chi connectivity index (χ3n) is 3.13. The van der Waals surface area contributed by atoms with Gasteiger partial charge in [0.15, 0.2) is 11.6 Å². The lowest BCUT2D eigenvalue weighted by atomic mass is 10.1. The molecule has 0 atom stereocenters. The summed E-state index contributed by atoms with van der Waals surface area (Å²) >= 11 is 0. The zero-order valence-electron chi connectivity index (χ0n) is 13.1. The van der Waals surface area contributed by atoms with Gasteiger partial charge in [0.2, 0.25) is 5.95 Å². The highest BCUT2D eigenvalue weighted by atomic mass is 16.1. The van der Waals surface area contributed by atoms with Crippen molar-refractivity contribution in [3.63, 3.8) is 0 Å². The maximum absolute atomic E-state index is 11.2. The number of nitrogens with one attached hydrogen (secondary N) is 2. The van der Waals surface area contributed by atoms with Crippen LogP contribution in [0.25, 0.3) is 0 Å². The molecule has 0 amide bonds. The fourth-order valence-corrected chi connectivity index (χ4v) is 1.85. The van der Waals surface area contributed by atoms with Crippen molar-refractivity contribution in [2.45, 2.75) is 27.2 Å². The Morgan fingerprint density at radius 1 is 1.23 bits per heavy atom. The number of carbonyl (C=O) groups excluding carboxylic acids is 1. The number of anilines is 3. The van der Waals surface area contributed by atoms with Gasteiger partial charge in [-0.05, 0) is 43.5 Å². The monoisotopic (exact) mass is 299 g/mol. The number of Topliss-reactive ketones (excluding diaryl/α,β-unsaturated/α-hetero) is 1. The van der Waals surface area contributed by atoms with Crippen LogP contribution in [-0.2, 0) is 0 Å². The van der Waals surface area contributed by atoms with Crippen molar-refractivity contribution < 1.29 is 4.79 Å². The van der Waals surface area contributed by atoms with Gasteiger partial charge in [-0.3, -0.25) is 4.79 Å². The van der Waals surface area contributed by atoms with Crippen LogP contribution in [0.3, 0.4) is 0 Å². The number of carbonyl (C=O) groups is 1. The molecule has 6 heteroatoms. The van der Waals surface area contributed by atoms with Gasteiger partial charge >= 0.3 is 0 Å². The highest BCUT2D eigenvalue weighted by molar-refractivity contribution is 5.94. The van der Waals surface area contributed by atoms with E-state index in [1.165, 1.54) is 0 Å². The predicted molar refractivity (Wildman–Crippen MR) is 87.5 cm³/mol. The van der Waals surface area contributed by atoms with Crippen molar-refractivity contribution in [2.24, 2.45) is 5.92 Å². The van der Waals surface area contributed by atoms with Crippen LogP contribution in [-0.4, -0.2) is 27.5 Å². The summed E-state index contributed by atoms with van der Waals surface area (Å²) in [6.45, 7) is 6.75. The molecular formula is C16H21N5O. The molecule has 2 rings (SSSR count). The van der Waals surface area contributed by atoms with Crippen LogP contribution in [0.4, 0.5) is 17.5 Å². The van der Waals surface area contributed by atoms with Gasteiger partial charge in [0, 0.05) is 17.8 Å². The number of aromatic nitrogens is 3. The molecule has 0 aliphatic rings. The summed E-state index contributed by atoms with van der Waals surface area (Å²) in [7, 11) is 0. The van der Waals surface area contributed by atoms with E-state index in [-0.39, 0.29) is 5.78 Å². The average Bonchev–Trinajstić information content (AvgIpc) is 2.48. The van der Waals surface area contributed by atoms with Crippen LogP contribution in [0, 0.1) is 5.92 Å². The van der Waals surface area contributed by atoms with Gasteiger partial charge in [-0.25, -0.2) is 0 Å². The quantitative estimate of drug-likeness (QED) is 0.764. The Morgan fingerprint density at radius 3 is 2.59 bits per heavy atom. The number of hydrogen-bond acceptors (Lipinski definition) is 6. The normalized spacial score (nSPS) is 10.5. The van der Waals surface area contributed by atoms with Crippen molar-refractivity contribution in [3.05, 3.63) is 36.0 Å². The Hall–Kier alpha value is -2.50. The van der Waals surface area contributed by atoms with E-state index in [4.69, 9.17) is 0 Å². The Balaban J connectivity index is 1.99. The Labute approximate surface area is 130 Å². The first-order valence-electron chi connectivity index (χ1n) is 7.36. The molecule has 0 spiro atoms. The number of ketones is 1. The van der Waals surface area contributed by atoms with Gasteiger partial charge in [0.1, 0.15) is 0 Å². The lowest BCUT2D eigenvalue weighted by Crippen LogP contribution is -2.08. The van der Waals surface area contributed by atoms with Crippen LogP contribution in [0.5, 0.6) is 0 Å². The Kier molecular flexibility index (Phi) is 5.41. The zero-order chi connectivity index (χ0) is 15.9. The minimum absolute atomic E-state index is 0.0424. The minimum Gasteiger partial charge on any atom is -0.369 e. The fraction of sp³-hybridized carbons (Fsp3) is 0.375. The van der Waals surface area contributed by atoms with Crippen molar-refractivity contribution in [2.75, 3.05) is 17.2 Å². The fourth-order valence-electron chi connectivity index (χ4n) is 1.85. The summed E-state index contributed by atoms with van der Waals surface area (Å²) in [5.74, 6) is 1.80. The molecule has 0 saturated carbocycles. The maximum Gasteiger partial charge on any atom is 0.249 e. The summed E-state index contributed by atoms with van der Waals surface area (Å²) in [5.41, 5.74) is 1.49. The molecule has 0 radical (unpaired) electrons. The van der Waals surface area contributed by atoms with E-state index in [2.05, 4.69) is 39.7 Å². The second kappa shape index (κ2) is 7.49. The number of hydrogen-bond donors (Lipinski definition) is 2. The largest absolute Gasteiger partial charge is 0.369 e. The van der Waals surface area contributed by atoms with Crippen LogP contribution >= 0.6 is 0 Å². The summed E-state index contributed by atoms with van der Waals surface area (Å²) in [4.78, 5) is 15.6. The molecule has 2 N–H and O–H groups in total. The van der Waals surface area contributed by atoms with E-state index >= 15 is 0 Å². The average molecular weight is 299 g/mol. The Bertz CT molecular complexity index is 625. The molecule has 1 aromatic heterocycles. The summed E-state index contributed by atoms with van der Waals surface area (Å²) in [6, 6.07) is 7.17. The first-order chi connectivity index (χ1) is 10.5. The van der Waals surface area contributed by atoms with E-state index in [1.54, 1.807) is 25.3 Å². The van der Waals surface area contributed by atoms with E-state index in [0.29, 0.717) is 23.2 Å². The molecule has 0 fully saturated rings. The molecule has 1 aromatic carbocycles. The van der Waals surface area contributed by atoms with Crippen molar-refractivity contribution in [1.82, 2.24) is 15.2 Å². The van der Waals surface area contributed by atoms with Gasteiger partial charge in [-0.2, -0.15) is 10.1 Å². The second-order valence-corrected chi connectivity index (χ2v) is 5.53. The van der Waals surface area contributed by atoms with Gasteiger partial charge in [0.05, 0.1) is 6.20 Å². The lowest BCUT2D eigenvalue weighted by molar-refractivity contribution is 0.101. The van der Waals surface area contributed by atoms with Gasteiger partial charge in [-0.1, -0.05) is 13.8 Å². The first-order valence-corrected chi connectivity index (χ1v) is 7.36. The van der Waals surface area contributed by atoms with Gasteiger partial charge in [-0.15, -0.1) is 5.10 Å². The van der Waals surface area contributed by atoms with Crippen molar-refractivity contribution in [1.29, 1.82) is 0 Å². The van der Waals surface area contributed by atoms with Crippen LogP contribution in [0.1, 0.15) is 37.6 Å². The minimum atomic E-state index is 0.0424. The standard InChI is InChI=1S/C16H21N5O/c1-11(2)8-9-17-15-10-18-21-16(20-15)19-14-6-4-13(5-7-14)12(3)22/h4-7,10-11H,8-9H2,1-3H3,(H2,17,19,20,21). The number of nitrogens with zero attached hydrogens (tertiary/aromatic N) is 3. The molecule has 0 saturated heterocycles. The molecule has 22 heavy (non-hydrogen) atoms. The molecule has 116 valence electrons.